The van der Waals surface area contributed by atoms with Gasteiger partial charge in [-0.25, -0.2) is 0 Å². The molecule has 0 unspecified atom stereocenters. The van der Waals surface area contributed by atoms with Crippen molar-refractivity contribution in [2.45, 2.75) is 41.4 Å². The predicted octanol–water partition coefficient (Wildman–Crippen LogP) is 5.91. The number of hydrogen-bond acceptors (Lipinski definition) is 0. The average Bonchev–Trinajstić information content (AvgIpc) is 2.63. The van der Waals surface area contributed by atoms with Crippen molar-refractivity contribution < 1.29 is 0 Å². The molecule has 23 heavy (non-hydrogen) atoms. The third-order valence-electron chi connectivity index (χ3n) is 4.06. The minimum atomic E-state index is -0.0384. The van der Waals surface area contributed by atoms with E-state index in [1.54, 1.807) is 0 Å². The van der Waals surface area contributed by atoms with Crippen molar-refractivity contribution in [3.8, 4) is 0 Å². The quantitative estimate of drug-likeness (QED) is 0.513. The molecule has 0 saturated carbocycles. The van der Waals surface area contributed by atoms with Gasteiger partial charge in [0.15, 0.2) is 14.7 Å². The summed E-state index contributed by atoms with van der Waals surface area (Å²) in [5, 5.41) is 0. The van der Waals surface area contributed by atoms with Crippen LogP contribution in [0.1, 0.15) is 25.0 Å². The normalized spacial score (nSPS) is 10.9. The number of rotatable bonds is 5. The highest BCUT2D eigenvalue weighted by molar-refractivity contribution is 7.97. The van der Waals surface area contributed by atoms with Crippen molar-refractivity contribution in [3.63, 3.8) is 0 Å². The summed E-state index contributed by atoms with van der Waals surface area (Å²) in [4.78, 5) is 4.20. The molecular formula is C22H23S+. The van der Waals surface area contributed by atoms with Gasteiger partial charge in [-0.05, 0) is 60.4 Å². The van der Waals surface area contributed by atoms with Crippen LogP contribution in [-0.2, 0) is 23.7 Å². The molecule has 116 valence electrons. The van der Waals surface area contributed by atoms with E-state index in [1.165, 1.54) is 25.8 Å². The summed E-state index contributed by atoms with van der Waals surface area (Å²) in [6.07, 6.45) is 2.16. The lowest BCUT2D eigenvalue weighted by Crippen LogP contribution is -2.05. The summed E-state index contributed by atoms with van der Waals surface area (Å²) in [7, 11) is -0.0384. The highest BCUT2D eigenvalue weighted by Crippen LogP contribution is 2.32. The number of benzene rings is 3. The summed E-state index contributed by atoms with van der Waals surface area (Å²) < 4.78 is 0. The molecule has 0 saturated heterocycles. The molecule has 0 bridgehead atoms. The van der Waals surface area contributed by atoms with Crippen LogP contribution in [-0.4, -0.2) is 0 Å². The minimum absolute atomic E-state index is 0.0384. The average molecular weight is 319 g/mol. The molecule has 0 aliphatic rings. The summed E-state index contributed by atoms with van der Waals surface area (Å²) in [5.41, 5.74) is 2.81. The van der Waals surface area contributed by atoms with Crippen LogP contribution in [0.3, 0.4) is 0 Å². The van der Waals surface area contributed by atoms with E-state index in [2.05, 4.69) is 92.7 Å². The Balaban J connectivity index is 2.13. The molecule has 0 fully saturated rings. The maximum atomic E-state index is 2.37. The highest BCUT2D eigenvalue weighted by Gasteiger charge is 2.28. The zero-order valence-corrected chi connectivity index (χ0v) is 14.6. The smallest absolute Gasteiger partial charge is 0.0619 e. The monoisotopic (exact) mass is 319 g/mol. The fraction of sp³-hybridized carbons (Fsp3) is 0.182. The van der Waals surface area contributed by atoms with Gasteiger partial charge in [-0.2, -0.15) is 0 Å². The van der Waals surface area contributed by atoms with Crippen LogP contribution in [0.15, 0.2) is 93.5 Å². The molecule has 3 aromatic rings. The van der Waals surface area contributed by atoms with E-state index in [0.717, 1.165) is 12.8 Å². The Kier molecular flexibility index (Phi) is 5.19. The molecule has 3 rings (SSSR count). The van der Waals surface area contributed by atoms with Crippen LogP contribution >= 0.6 is 0 Å². The zero-order valence-electron chi connectivity index (χ0n) is 13.8. The van der Waals surface area contributed by atoms with Gasteiger partial charge in [0.05, 0.1) is 10.9 Å². The van der Waals surface area contributed by atoms with Gasteiger partial charge in [-0.15, -0.1) is 0 Å². The summed E-state index contributed by atoms with van der Waals surface area (Å²) in [5.74, 6) is 0. The first-order valence-corrected chi connectivity index (χ1v) is 9.51. The molecule has 0 N–H and O–H groups in total. The van der Waals surface area contributed by atoms with E-state index in [1.807, 2.05) is 0 Å². The van der Waals surface area contributed by atoms with Gasteiger partial charge in [-0.1, -0.05) is 56.3 Å². The molecule has 0 aliphatic heterocycles. The van der Waals surface area contributed by atoms with Crippen molar-refractivity contribution in [2.24, 2.45) is 0 Å². The van der Waals surface area contributed by atoms with Crippen LogP contribution in [0.4, 0.5) is 0 Å². The lowest BCUT2D eigenvalue weighted by molar-refractivity contribution is 1.11. The van der Waals surface area contributed by atoms with Crippen molar-refractivity contribution in [2.75, 3.05) is 0 Å². The fourth-order valence-corrected chi connectivity index (χ4v) is 4.96. The Morgan fingerprint density at radius 2 is 1.04 bits per heavy atom. The highest BCUT2D eigenvalue weighted by atomic mass is 32.2. The Hall–Kier alpha value is -1.99. The first-order valence-electron chi connectivity index (χ1n) is 8.29. The third kappa shape index (κ3) is 3.68. The van der Waals surface area contributed by atoms with Gasteiger partial charge >= 0.3 is 0 Å². The van der Waals surface area contributed by atoms with E-state index in [-0.39, 0.29) is 10.9 Å². The molecular weight excluding hydrogens is 296 g/mol. The Labute approximate surface area is 142 Å². The van der Waals surface area contributed by atoms with Crippen LogP contribution in [0.2, 0.25) is 0 Å². The SMILES string of the molecule is CCc1cccc([S+](c2ccccc2)c2cccc(CC)c2)c1. The molecule has 0 aliphatic carbocycles. The zero-order chi connectivity index (χ0) is 16.1. The fourth-order valence-electron chi connectivity index (χ4n) is 2.75. The Morgan fingerprint density at radius 1 is 0.565 bits per heavy atom. The van der Waals surface area contributed by atoms with Gasteiger partial charge in [0.2, 0.25) is 0 Å². The summed E-state index contributed by atoms with van der Waals surface area (Å²) >= 11 is 0. The molecule has 0 aromatic heterocycles. The first-order chi connectivity index (χ1) is 11.3. The molecule has 0 spiro atoms. The lowest BCUT2D eigenvalue weighted by Gasteiger charge is -2.10. The third-order valence-corrected chi connectivity index (χ3v) is 6.26. The van der Waals surface area contributed by atoms with Gasteiger partial charge in [-0.3, -0.25) is 0 Å². The largest absolute Gasteiger partial charge is 0.166 e. The lowest BCUT2D eigenvalue weighted by atomic mass is 10.2. The van der Waals surface area contributed by atoms with Gasteiger partial charge < -0.3 is 0 Å². The summed E-state index contributed by atoms with van der Waals surface area (Å²) in [6.45, 7) is 4.44. The number of hydrogen-bond donors (Lipinski definition) is 0. The second kappa shape index (κ2) is 7.52. The van der Waals surface area contributed by atoms with Gasteiger partial charge in [0.1, 0.15) is 0 Å². The molecule has 0 nitrogen and oxygen atoms in total. The van der Waals surface area contributed by atoms with E-state index >= 15 is 0 Å². The van der Waals surface area contributed by atoms with Gasteiger partial charge in [0.25, 0.3) is 0 Å². The van der Waals surface area contributed by atoms with E-state index in [4.69, 9.17) is 0 Å². The molecule has 0 radical (unpaired) electrons. The van der Waals surface area contributed by atoms with Crippen LogP contribution < -0.4 is 0 Å². The van der Waals surface area contributed by atoms with E-state index in [9.17, 15) is 0 Å². The van der Waals surface area contributed by atoms with Crippen LogP contribution in [0.25, 0.3) is 0 Å². The van der Waals surface area contributed by atoms with E-state index < -0.39 is 0 Å². The minimum Gasteiger partial charge on any atom is -0.0619 e. The van der Waals surface area contributed by atoms with Crippen LogP contribution in [0.5, 0.6) is 0 Å². The first kappa shape index (κ1) is 15.9. The van der Waals surface area contributed by atoms with Gasteiger partial charge in [0, 0.05) is 0 Å². The van der Waals surface area contributed by atoms with Crippen LogP contribution in [0, 0.1) is 0 Å². The predicted molar refractivity (Wildman–Crippen MR) is 100 cm³/mol. The maximum absolute atomic E-state index is 2.37. The maximum Gasteiger partial charge on any atom is 0.166 e. The molecule has 3 aromatic carbocycles. The molecule has 0 heterocycles. The van der Waals surface area contributed by atoms with E-state index in [0.29, 0.717) is 0 Å². The molecule has 1 heteroatoms. The second-order valence-corrected chi connectivity index (χ2v) is 7.65. The van der Waals surface area contributed by atoms with Crippen molar-refractivity contribution >= 4 is 10.9 Å². The van der Waals surface area contributed by atoms with Crippen molar-refractivity contribution in [1.82, 2.24) is 0 Å². The second-order valence-electron chi connectivity index (χ2n) is 5.62. The van der Waals surface area contributed by atoms with Crippen molar-refractivity contribution in [3.05, 3.63) is 90.0 Å². The van der Waals surface area contributed by atoms with Crippen molar-refractivity contribution in [1.29, 1.82) is 0 Å². The Morgan fingerprint density at radius 3 is 1.52 bits per heavy atom. The molecule has 0 amide bonds. The summed E-state index contributed by atoms with van der Waals surface area (Å²) in [6, 6.07) is 29.0. The molecule has 0 atom stereocenters. The standard InChI is InChI=1S/C22H23S/c1-3-18-10-8-14-21(16-18)23(20-12-6-5-7-13-20)22-15-9-11-19(4-2)17-22/h5-17H,3-4H2,1-2H3/q+1. The number of aryl methyl sites for hydroxylation is 2. The topological polar surface area (TPSA) is 0 Å². The Bertz CT molecular complexity index is 714.